The van der Waals surface area contributed by atoms with E-state index in [9.17, 15) is 14.4 Å². The van der Waals surface area contributed by atoms with Gasteiger partial charge in [0.25, 0.3) is 0 Å². The standard InChI is InChI=1S/C6H12O6.C4H6O4.Au/c7-1-3(9)5(11)6(12)4(10)2-8;1-3(5)7-8-4(2)6;/h1,3-6,8-12H,2H2;1-2H3;. The first-order valence-corrected chi connectivity index (χ1v) is 5.31. The Morgan fingerprint density at radius 2 is 1.38 bits per heavy atom. The molecule has 0 aromatic rings. The van der Waals surface area contributed by atoms with Crippen molar-refractivity contribution in [3.05, 3.63) is 0 Å². The summed E-state index contributed by atoms with van der Waals surface area (Å²) >= 11 is 0. The number of aliphatic hydroxyl groups is 5. The van der Waals surface area contributed by atoms with E-state index in [0.29, 0.717) is 0 Å². The molecule has 0 heterocycles. The normalized spacial score (nSPS) is 15.0. The Kier molecular flexibility index (Phi) is 16.9. The van der Waals surface area contributed by atoms with Crippen molar-refractivity contribution >= 4 is 18.2 Å². The van der Waals surface area contributed by atoms with Crippen LogP contribution in [0.3, 0.4) is 0 Å². The predicted molar refractivity (Wildman–Crippen MR) is 60.7 cm³/mol. The number of hydrogen-bond donors (Lipinski definition) is 5. The van der Waals surface area contributed by atoms with Gasteiger partial charge in [0.2, 0.25) is 0 Å². The second-order valence-electron chi connectivity index (χ2n) is 3.51. The van der Waals surface area contributed by atoms with Crippen molar-refractivity contribution in [2.75, 3.05) is 6.61 Å². The Morgan fingerprint density at radius 1 is 1.00 bits per heavy atom. The molecule has 0 aromatic heterocycles. The molecule has 0 amide bonds. The van der Waals surface area contributed by atoms with Gasteiger partial charge in [-0.25, -0.2) is 19.4 Å². The molecule has 4 unspecified atom stereocenters. The largest absolute Gasteiger partial charge is 0.394 e. The van der Waals surface area contributed by atoms with Crippen LogP contribution >= 0.6 is 0 Å². The minimum absolute atomic E-state index is 0. The maximum atomic E-state index is 9.90. The molecule has 129 valence electrons. The van der Waals surface area contributed by atoms with E-state index in [1.54, 1.807) is 0 Å². The van der Waals surface area contributed by atoms with Gasteiger partial charge in [0, 0.05) is 36.2 Å². The van der Waals surface area contributed by atoms with Crippen LogP contribution in [0.5, 0.6) is 0 Å². The first-order chi connectivity index (χ1) is 9.17. The Bertz CT molecular complexity index is 296. The zero-order valence-corrected chi connectivity index (χ0v) is 13.3. The molecule has 0 aliphatic rings. The fraction of sp³-hybridized carbons (Fsp3) is 0.700. The van der Waals surface area contributed by atoms with E-state index in [1.165, 1.54) is 0 Å². The average molecular weight is 495 g/mol. The molecule has 0 saturated carbocycles. The quantitative estimate of drug-likeness (QED) is 0.112. The third-order valence-corrected chi connectivity index (χ3v) is 1.70. The molecule has 10 nitrogen and oxygen atoms in total. The van der Waals surface area contributed by atoms with Gasteiger partial charge in [0.1, 0.15) is 24.4 Å². The minimum Gasteiger partial charge on any atom is -0.394 e. The molecule has 0 aromatic carbocycles. The van der Waals surface area contributed by atoms with Gasteiger partial charge in [0.05, 0.1) is 6.61 Å². The van der Waals surface area contributed by atoms with E-state index in [0.717, 1.165) is 13.8 Å². The smallest absolute Gasteiger partial charge is 0.352 e. The molecule has 1 radical (unpaired) electrons. The van der Waals surface area contributed by atoms with E-state index in [4.69, 9.17) is 25.5 Å². The Morgan fingerprint density at radius 3 is 1.62 bits per heavy atom. The maximum Gasteiger partial charge on any atom is 0.352 e. The summed E-state index contributed by atoms with van der Waals surface area (Å²) < 4.78 is 0. The fourth-order valence-corrected chi connectivity index (χ4v) is 0.735. The number of aliphatic hydroxyl groups excluding tert-OH is 5. The molecule has 0 saturated heterocycles. The van der Waals surface area contributed by atoms with Crippen molar-refractivity contribution in [1.82, 2.24) is 0 Å². The number of rotatable bonds is 5. The number of aldehydes is 1. The molecule has 0 rings (SSSR count). The number of hydrogen-bond acceptors (Lipinski definition) is 10. The number of carbonyl (C=O) groups excluding carboxylic acids is 3. The fourth-order valence-electron chi connectivity index (χ4n) is 0.735. The van der Waals surface area contributed by atoms with Crippen LogP contribution in [0.25, 0.3) is 0 Å². The van der Waals surface area contributed by atoms with Crippen LogP contribution in [0.1, 0.15) is 13.8 Å². The third kappa shape index (κ3) is 13.9. The second kappa shape index (κ2) is 14.1. The predicted octanol–water partition coefficient (Wildman–Crippen LogP) is -3.35. The van der Waals surface area contributed by atoms with E-state index in [2.05, 4.69) is 9.78 Å². The first-order valence-electron chi connectivity index (χ1n) is 5.31. The van der Waals surface area contributed by atoms with Gasteiger partial charge in [0.15, 0.2) is 6.29 Å². The summed E-state index contributed by atoms with van der Waals surface area (Å²) in [5.41, 5.74) is 0. The summed E-state index contributed by atoms with van der Waals surface area (Å²) in [5.74, 6) is -1.28. The average Bonchev–Trinajstić information content (AvgIpc) is 2.42. The SMILES string of the molecule is CC(=O)OOC(C)=O.O=CC(O)C(O)C(O)C(O)CO.[Au]. The van der Waals surface area contributed by atoms with Crippen LogP contribution < -0.4 is 0 Å². The van der Waals surface area contributed by atoms with Gasteiger partial charge < -0.3 is 30.3 Å². The summed E-state index contributed by atoms with van der Waals surface area (Å²) in [7, 11) is 0. The zero-order chi connectivity index (χ0) is 16.3. The molecule has 0 aliphatic carbocycles. The summed E-state index contributed by atoms with van der Waals surface area (Å²) in [6.07, 6.45) is -6.84. The van der Waals surface area contributed by atoms with Gasteiger partial charge in [-0.3, -0.25) is 0 Å². The van der Waals surface area contributed by atoms with E-state index in [-0.39, 0.29) is 28.7 Å². The van der Waals surface area contributed by atoms with Crippen molar-refractivity contribution in [2.45, 2.75) is 38.3 Å². The molecule has 11 heteroatoms. The molecular weight excluding hydrogens is 477 g/mol. The summed E-state index contributed by atoms with van der Waals surface area (Å²) in [4.78, 5) is 37.2. The summed E-state index contributed by atoms with van der Waals surface area (Å²) in [6, 6.07) is 0. The van der Waals surface area contributed by atoms with Crippen molar-refractivity contribution in [2.24, 2.45) is 0 Å². The van der Waals surface area contributed by atoms with Crippen LogP contribution in [0, 0.1) is 0 Å². The topological polar surface area (TPSA) is 171 Å². The Labute approximate surface area is 135 Å². The molecular formula is C10H18AuO10. The van der Waals surface area contributed by atoms with Crippen LogP contribution in [0.2, 0.25) is 0 Å². The third-order valence-electron chi connectivity index (χ3n) is 1.70. The minimum atomic E-state index is -1.79. The van der Waals surface area contributed by atoms with Gasteiger partial charge in [-0.15, -0.1) is 0 Å². The molecule has 0 fully saturated rings. The number of carbonyl (C=O) groups is 3. The van der Waals surface area contributed by atoms with Crippen molar-refractivity contribution in [3.63, 3.8) is 0 Å². The van der Waals surface area contributed by atoms with Crippen LogP contribution in [0.4, 0.5) is 0 Å². The van der Waals surface area contributed by atoms with Gasteiger partial charge in [-0.1, -0.05) is 0 Å². The van der Waals surface area contributed by atoms with Crippen LogP contribution in [0.15, 0.2) is 0 Å². The molecule has 5 N–H and O–H groups in total. The molecule has 0 bridgehead atoms. The van der Waals surface area contributed by atoms with E-state index >= 15 is 0 Å². The van der Waals surface area contributed by atoms with Crippen molar-refractivity contribution in [3.8, 4) is 0 Å². The van der Waals surface area contributed by atoms with Crippen molar-refractivity contribution < 1.29 is 72.1 Å². The van der Waals surface area contributed by atoms with Crippen molar-refractivity contribution in [1.29, 1.82) is 0 Å². The second-order valence-corrected chi connectivity index (χ2v) is 3.51. The molecule has 4 atom stereocenters. The molecule has 0 spiro atoms. The maximum absolute atomic E-state index is 9.90. The van der Waals surface area contributed by atoms with Crippen LogP contribution in [-0.4, -0.2) is 74.8 Å². The van der Waals surface area contributed by atoms with Gasteiger partial charge in [-0.2, -0.15) is 0 Å². The molecule has 0 aliphatic heterocycles. The summed E-state index contributed by atoms with van der Waals surface area (Å²) in [6.45, 7) is 1.52. The van der Waals surface area contributed by atoms with Gasteiger partial charge >= 0.3 is 11.9 Å². The van der Waals surface area contributed by atoms with Crippen LogP contribution in [-0.2, 0) is 46.5 Å². The Balaban J connectivity index is -0.000000317. The molecule has 21 heavy (non-hydrogen) atoms. The summed E-state index contributed by atoms with van der Waals surface area (Å²) in [5, 5.41) is 43.5. The van der Waals surface area contributed by atoms with Gasteiger partial charge in [-0.05, 0) is 0 Å². The monoisotopic (exact) mass is 495 g/mol. The zero-order valence-electron chi connectivity index (χ0n) is 11.2. The van der Waals surface area contributed by atoms with E-state index in [1.807, 2.05) is 0 Å². The first kappa shape index (κ1) is 25.1. The van der Waals surface area contributed by atoms with E-state index < -0.39 is 43.0 Å². The Hall–Kier alpha value is -0.850.